The number of carboxylic acid groups (broad SMARTS) is 1. The maximum atomic E-state index is 11.0. The third-order valence-corrected chi connectivity index (χ3v) is 2.18. The molecule has 0 bridgehead atoms. The maximum absolute atomic E-state index is 11.0. The monoisotopic (exact) mass is 233 g/mol. The van der Waals surface area contributed by atoms with Gasteiger partial charge in [0.25, 0.3) is 0 Å². The van der Waals surface area contributed by atoms with Crippen LogP contribution in [0.2, 0.25) is 0 Å². The number of hydrogen-bond donors (Lipinski definition) is 2. The summed E-state index contributed by atoms with van der Waals surface area (Å²) in [7, 11) is 3.34. The molecule has 0 radical (unpaired) electrons. The Hall–Kier alpha value is -1.99. The minimum absolute atomic E-state index is 0.168. The zero-order valence-electron chi connectivity index (χ0n) is 9.91. The van der Waals surface area contributed by atoms with Crippen molar-refractivity contribution in [2.24, 2.45) is 0 Å². The lowest BCUT2D eigenvalue weighted by Crippen LogP contribution is -2.06. The Morgan fingerprint density at radius 2 is 2.29 bits per heavy atom. The summed E-state index contributed by atoms with van der Waals surface area (Å²) in [6.45, 7) is 0.783. The number of benzene rings is 1. The van der Waals surface area contributed by atoms with Gasteiger partial charge in [-0.3, -0.25) is 0 Å². The van der Waals surface area contributed by atoms with Crippen LogP contribution in [0.3, 0.4) is 0 Å². The first-order valence-electron chi connectivity index (χ1n) is 5.24. The van der Waals surface area contributed by atoms with Crippen LogP contribution in [0.1, 0.15) is 22.3 Å². The van der Waals surface area contributed by atoms with Crippen molar-refractivity contribution in [2.45, 2.75) is 6.42 Å². The van der Waals surface area contributed by atoms with Crippen LogP contribution in [-0.4, -0.2) is 31.8 Å². The summed E-state index contributed by atoms with van der Waals surface area (Å²) in [5.41, 5.74) is 0.677. The van der Waals surface area contributed by atoms with Gasteiger partial charge in [-0.25, -0.2) is 4.79 Å². The Morgan fingerprint density at radius 1 is 1.53 bits per heavy atom. The Balaban J connectivity index is 2.97. The van der Waals surface area contributed by atoms with Gasteiger partial charge in [0.15, 0.2) is 0 Å². The zero-order chi connectivity index (χ0) is 12.7. The van der Waals surface area contributed by atoms with Crippen molar-refractivity contribution in [3.05, 3.63) is 29.3 Å². The SMILES string of the molecule is CNCCC#Cc1ccc(OC)cc1C(=O)O. The molecule has 1 aromatic carbocycles. The molecule has 90 valence electrons. The first-order valence-corrected chi connectivity index (χ1v) is 5.24. The molecule has 0 heterocycles. The van der Waals surface area contributed by atoms with Crippen LogP contribution in [-0.2, 0) is 0 Å². The van der Waals surface area contributed by atoms with Gasteiger partial charge in [0.2, 0.25) is 0 Å². The average molecular weight is 233 g/mol. The molecule has 0 amide bonds. The minimum atomic E-state index is -0.998. The highest BCUT2D eigenvalue weighted by Gasteiger charge is 2.09. The molecular formula is C13H15NO3. The largest absolute Gasteiger partial charge is 0.497 e. The van der Waals surface area contributed by atoms with Crippen LogP contribution in [0.4, 0.5) is 0 Å². The van der Waals surface area contributed by atoms with Gasteiger partial charge in [-0.2, -0.15) is 0 Å². The summed E-state index contributed by atoms with van der Waals surface area (Å²) in [4.78, 5) is 11.0. The summed E-state index contributed by atoms with van der Waals surface area (Å²) in [5, 5.41) is 12.0. The molecule has 0 saturated carbocycles. The number of carboxylic acids is 1. The van der Waals surface area contributed by atoms with Gasteiger partial charge in [-0.1, -0.05) is 11.8 Å². The summed E-state index contributed by atoms with van der Waals surface area (Å²) in [6.07, 6.45) is 0.682. The van der Waals surface area contributed by atoms with Crippen LogP contribution in [0.5, 0.6) is 5.75 Å². The van der Waals surface area contributed by atoms with E-state index in [-0.39, 0.29) is 5.56 Å². The average Bonchev–Trinajstić information content (AvgIpc) is 2.34. The minimum Gasteiger partial charge on any atom is -0.497 e. The van der Waals surface area contributed by atoms with Gasteiger partial charge in [0.1, 0.15) is 5.75 Å². The molecule has 0 fully saturated rings. The van der Waals surface area contributed by atoms with Crippen LogP contribution in [0.15, 0.2) is 18.2 Å². The number of ether oxygens (including phenoxy) is 1. The highest BCUT2D eigenvalue weighted by Crippen LogP contribution is 2.17. The predicted octanol–water partition coefficient (Wildman–Crippen LogP) is 1.35. The lowest BCUT2D eigenvalue weighted by Gasteiger charge is -2.03. The molecule has 0 aliphatic heterocycles. The van der Waals surface area contributed by atoms with E-state index in [1.807, 2.05) is 7.05 Å². The Kier molecular flexibility index (Phi) is 5.05. The van der Waals surface area contributed by atoms with Gasteiger partial charge in [-0.15, -0.1) is 0 Å². The van der Waals surface area contributed by atoms with Gasteiger partial charge in [0.05, 0.1) is 12.7 Å². The normalized spacial score (nSPS) is 9.29. The molecule has 2 N–H and O–H groups in total. The molecule has 0 aliphatic carbocycles. The topological polar surface area (TPSA) is 58.6 Å². The van der Waals surface area contributed by atoms with Gasteiger partial charge >= 0.3 is 5.97 Å². The Bertz CT molecular complexity index is 457. The molecule has 0 saturated heterocycles. The Morgan fingerprint density at radius 3 is 2.88 bits per heavy atom. The molecule has 4 heteroatoms. The third-order valence-electron chi connectivity index (χ3n) is 2.18. The van der Waals surface area contributed by atoms with E-state index in [9.17, 15) is 4.79 Å². The van der Waals surface area contributed by atoms with Crippen LogP contribution >= 0.6 is 0 Å². The fourth-order valence-electron chi connectivity index (χ4n) is 1.28. The predicted molar refractivity (Wildman–Crippen MR) is 65.4 cm³/mol. The van der Waals surface area contributed by atoms with E-state index in [1.165, 1.54) is 13.2 Å². The first kappa shape index (κ1) is 13.1. The second kappa shape index (κ2) is 6.56. The number of aromatic carboxylic acids is 1. The summed E-state index contributed by atoms with van der Waals surface area (Å²) in [5.74, 6) is 5.29. The maximum Gasteiger partial charge on any atom is 0.337 e. The molecule has 1 aromatic rings. The van der Waals surface area contributed by atoms with Gasteiger partial charge in [-0.05, 0) is 25.2 Å². The zero-order valence-corrected chi connectivity index (χ0v) is 9.91. The third kappa shape index (κ3) is 3.82. The fourth-order valence-corrected chi connectivity index (χ4v) is 1.28. The number of rotatable bonds is 4. The van der Waals surface area contributed by atoms with Crippen molar-refractivity contribution in [3.8, 4) is 17.6 Å². The van der Waals surface area contributed by atoms with E-state index >= 15 is 0 Å². The van der Waals surface area contributed by atoms with Gasteiger partial charge < -0.3 is 15.2 Å². The lowest BCUT2D eigenvalue weighted by molar-refractivity contribution is 0.0696. The smallest absolute Gasteiger partial charge is 0.337 e. The van der Waals surface area contributed by atoms with Crippen LogP contribution in [0, 0.1) is 11.8 Å². The molecule has 0 unspecified atom stereocenters. The van der Waals surface area contributed by atoms with E-state index in [4.69, 9.17) is 9.84 Å². The van der Waals surface area contributed by atoms with Crippen LogP contribution in [0.25, 0.3) is 0 Å². The number of methoxy groups -OCH3 is 1. The molecule has 0 aliphatic rings. The number of hydrogen-bond acceptors (Lipinski definition) is 3. The molecule has 17 heavy (non-hydrogen) atoms. The fraction of sp³-hybridized carbons (Fsp3) is 0.308. The van der Waals surface area contributed by atoms with E-state index < -0.39 is 5.97 Å². The molecule has 0 spiro atoms. The molecular weight excluding hydrogens is 218 g/mol. The first-order chi connectivity index (χ1) is 8.19. The molecule has 0 aromatic heterocycles. The van der Waals surface area contributed by atoms with E-state index in [2.05, 4.69) is 17.2 Å². The highest BCUT2D eigenvalue weighted by atomic mass is 16.5. The quantitative estimate of drug-likeness (QED) is 0.609. The number of nitrogens with one attached hydrogen (secondary N) is 1. The van der Waals surface area contributed by atoms with Crippen molar-refractivity contribution < 1.29 is 14.6 Å². The van der Waals surface area contributed by atoms with E-state index in [1.54, 1.807) is 12.1 Å². The molecule has 0 atom stereocenters. The second-order valence-electron chi connectivity index (χ2n) is 3.37. The van der Waals surface area contributed by atoms with Crippen molar-refractivity contribution in [3.63, 3.8) is 0 Å². The lowest BCUT2D eigenvalue weighted by atomic mass is 10.1. The molecule has 1 rings (SSSR count). The summed E-state index contributed by atoms with van der Waals surface area (Å²) in [6, 6.07) is 4.84. The van der Waals surface area contributed by atoms with Gasteiger partial charge in [0, 0.05) is 18.5 Å². The highest BCUT2D eigenvalue weighted by molar-refractivity contribution is 5.91. The van der Waals surface area contributed by atoms with Crippen molar-refractivity contribution in [1.29, 1.82) is 0 Å². The second-order valence-corrected chi connectivity index (χ2v) is 3.37. The molecule has 4 nitrogen and oxygen atoms in total. The van der Waals surface area contributed by atoms with Crippen LogP contribution < -0.4 is 10.1 Å². The summed E-state index contributed by atoms with van der Waals surface area (Å²) < 4.78 is 4.98. The number of carbonyl (C=O) groups is 1. The Labute approximate surface area is 101 Å². The van der Waals surface area contributed by atoms with Crippen molar-refractivity contribution >= 4 is 5.97 Å². The summed E-state index contributed by atoms with van der Waals surface area (Å²) >= 11 is 0. The van der Waals surface area contributed by atoms with Crippen molar-refractivity contribution in [1.82, 2.24) is 5.32 Å². The van der Waals surface area contributed by atoms with E-state index in [0.717, 1.165) is 6.54 Å². The van der Waals surface area contributed by atoms with Crippen molar-refractivity contribution in [2.75, 3.05) is 20.7 Å². The standard InChI is InChI=1S/C13H15NO3/c1-14-8-4-3-5-10-6-7-11(17-2)9-12(10)13(15)16/h6-7,9,14H,4,8H2,1-2H3,(H,15,16). The van der Waals surface area contributed by atoms with E-state index in [0.29, 0.717) is 17.7 Å².